The molecule has 0 saturated heterocycles. The number of halogens is 1. The average molecular weight is 315 g/mol. The van der Waals surface area contributed by atoms with Crippen LogP contribution in [0.15, 0.2) is 42.5 Å². The highest BCUT2D eigenvalue weighted by atomic mass is 19.1. The number of carbonyl (C=O) groups excluding carboxylic acids is 1. The lowest BCUT2D eigenvalue weighted by molar-refractivity contribution is -0.121. The van der Waals surface area contributed by atoms with Gasteiger partial charge in [0.15, 0.2) is 11.5 Å². The van der Waals surface area contributed by atoms with Gasteiger partial charge in [0, 0.05) is 0 Å². The van der Waals surface area contributed by atoms with Crippen molar-refractivity contribution in [2.45, 2.75) is 19.4 Å². The molecule has 0 saturated carbocycles. The fraction of sp³-hybridized carbons (Fsp3) is 0.278. The van der Waals surface area contributed by atoms with Crippen LogP contribution in [0.5, 0.6) is 11.5 Å². The molecule has 2 aromatic carbocycles. The van der Waals surface area contributed by atoms with E-state index in [9.17, 15) is 9.18 Å². The molecule has 1 atom stereocenters. The van der Waals surface area contributed by atoms with Crippen molar-refractivity contribution in [1.29, 1.82) is 0 Å². The van der Waals surface area contributed by atoms with Gasteiger partial charge in [-0.3, -0.25) is 4.79 Å². The van der Waals surface area contributed by atoms with Crippen molar-refractivity contribution in [3.63, 3.8) is 0 Å². The molecule has 5 heteroatoms. The molecule has 3 rings (SSSR count). The van der Waals surface area contributed by atoms with Crippen LogP contribution >= 0.6 is 0 Å². The minimum atomic E-state index is -0.288. The highest BCUT2D eigenvalue weighted by Crippen LogP contribution is 2.30. The summed E-state index contributed by atoms with van der Waals surface area (Å²) in [6.45, 7) is 2.93. The van der Waals surface area contributed by atoms with Crippen LogP contribution in [0.4, 0.5) is 4.39 Å². The van der Waals surface area contributed by atoms with Crippen LogP contribution in [-0.4, -0.2) is 19.1 Å². The number of hydrogen-bond donors (Lipinski definition) is 1. The van der Waals surface area contributed by atoms with Crippen molar-refractivity contribution >= 4 is 5.91 Å². The first-order valence-electron chi connectivity index (χ1n) is 7.55. The summed E-state index contributed by atoms with van der Waals surface area (Å²) in [6.07, 6.45) is 0.252. The van der Waals surface area contributed by atoms with Gasteiger partial charge in [-0.05, 0) is 42.3 Å². The van der Waals surface area contributed by atoms with E-state index in [1.165, 1.54) is 12.1 Å². The number of carbonyl (C=O) groups is 1. The lowest BCUT2D eigenvalue weighted by Crippen LogP contribution is -2.28. The van der Waals surface area contributed by atoms with Gasteiger partial charge in [-0.2, -0.15) is 0 Å². The van der Waals surface area contributed by atoms with Gasteiger partial charge in [-0.15, -0.1) is 0 Å². The van der Waals surface area contributed by atoms with Crippen LogP contribution in [0.3, 0.4) is 0 Å². The Balaban J connectivity index is 1.61. The molecule has 1 amide bonds. The molecule has 2 aromatic rings. The Hall–Kier alpha value is -2.56. The van der Waals surface area contributed by atoms with E-state index in [4.69, 9.17) is 9.47 Å². The highest BCUT2D eigenvalue weighted by Gasteiger charge is 2.14. The second kappa shape index (κ2) is 6.69. The van der Waals surface area contributed by atoms with E-state index in [2.05, 4.69) is 5.32 Å². The molecule has 23 heavy (non-hydrogen) atoms. The molecular formula is C18H18FNO3. The van der Waals surface area contributed by atoms with Crippen LogP contribution in [0.25, 0.3) is 0 Å². The van der Waals surface area contributed by atoms with Crippen LogP contribution in [-0.2, 0) is 11.2 Å². The SMILES string of the molecule is C[C@@H](NC(=O)Cc1ccc2c(c1)OCCO2)c1ccc(F)cc1. The topological polar surface area (TPSA) is 47.6 Å². The summed E-state index contributed by atoms with van der Waals surface area (Å²) in [5, 5.41) is 2.91. The van der Waals surface area contributed by atoms with E-state index in [1.807, 2.05) is 25.1 Å². The number of rotatable bonds is 4. The minimum absolute atomic E-state index is 0.0986. The van der Waals surface area contributed by atoms with Gasteiger partial charge >= 0.3 is 0 Å². The zero-order valence-corrected chi connectivity index (χ0v) is 12.8. The molecule has 1 N–H and O–H groups in total. The third-order valence-corrected chi connectivity index (χ3v) is 3.72. The van der Waals surface area contributed by atoms with E-state index < -0.39 is 0 Å². The molecule has 0 fully saturated rings. The standard InChI is InChI=1S/C18H18FNO3/c1-12(14-3-5-15(19)6-4-14)20-18(21)11-13-2-7-16-17(10-13)23-9-8-22-16/h2-7,10,12H,8-9,11H2,1H3,(H,20,21)/t12-/m1/s1. The van der Waals surface area contributed by atoms with Gasteiger partial charge in [0.25, 0.3) is 0 Å². The number of benzene rings is 2. The van der Waals surface area contributed by atoms with Crippen LogP contribution in [0, 0.1) is 5.82 Å². The summed E-state index contributed by atoms with van der Waals surface area (Å²) in [7, 11) is 0. The number of amides is 1. The summed E-state index contributed by atoms with van der Waals surface area (Å²) in [5.74, 6) is 0.996. The molecule has 1 aliphatic heterocycles. The van der Waals surface area contributed by atoms with Gasteiger partial charge < -0.3 is 14.8 Å². The maximum atomic E-state index is 12.9. The molecule has 1 heterocycles. The number of nitrogens with one attached hydrogen (secondary N) is 1. The normalized spacial score (nSPS) is 14.2. The summed E-state index contributed by atoms with van der Waals surface area (Å²) in [5.41, 5.74) is 1.72. The average Bonchev–Trinajstić information content (AvgIpc) is 2.55. The Morgan fingerprint density at radius 1 is 1.13 bits per heavy atom. The predicted octanol–water partition coefficient (Wildman–Crippen LogP) is 3.02. The third-order valence-electron chi connectivity index (χ3n) is 3.72. The quantitative estimate of drug-likeness (QED) is 0.943. The monoisotopic (exact) mass is 315 g/mol. The van der Waals surface area contributed by atoms with E-state index in [0.29, 0.717) is 24.7 Å². The first-order chi connectivity index (χ1) is 11.1. The smallest absolute Gasteiger partial charge is 0.224 e. The Labute approximate surface area is 134 Å². The Bertz CT molecular complexity index is 700. The van der Waals surface area contributed by atoms with E-state index in [-0.39, 0.29) is 24.2 Å². The molecule has 1 aliphatic rings. The van der Waals surface area contributed by atoms with Crippen molar-refractivity contribution in [2.75, 3.05) is 13.2 Å². The summed E-state index contributed by atoms with van der Waals surface area (Å²) in [6, 6.07) is 11.4. The maximum Gasteiger partial charge on any atom is 0.224 e. The van der Waals surface area contributed by atoms with Gasteiger partial charge in [-0.1, -0.05) is 18.2 Å². The van der Waals surface area contributed by atoms with E-state index in [1.54, 1.807) is 12.1 Å². The molecule has 120 valence electrons. The Kier molecular flexibility index (Phi) is 4.46. The zero-order valence-electron chi connectivity index (χ0n) is 12.8. The van der Waals surface area contributed by atoms with Gasteiger partial charge in [-0.25, -0.2) is 4.39 Å². The number of hydrogen-bond acceptors (Lipinski definition) is 3. The van der Waals surface area contributed by atoms with Crippen molar-refractivity contribution in [3.05, 3.63) is 59.4 Å². The second-order valence-corrected chi connectivity index (χ2v) is 5.50. The minimum Gasteiger partial charge on any atom is -0.486 e. The van der Waals surface area contributed by atoms with Crippen LogP contribution in [0.1, 0.15) is 24.1 Å². The molecule has 0 bridgehead atoms. The fourth-order valence-corrected chi connectivity index (χ4v) is 2.51. The van der Waals surface area contributed by atoms with Crippen molar-refractivity contribution in [1.82, 2.24) is 5.32 Å². The van der Waals surface area contributed by atoms with Crippen LogP contribution in [0.2, 0.25) is 0 Å². The molecular weight excluding hydrogens is 297 g/mol. The first kappa shape index (κ1) is 15.3. The Morgan fingerprint density at radius 2 is 1.83 bits per heavy atom. The van der Waals surface area contributed by atoms with Crippen molar-refractivity contribution in [2.24, 2.45) is 0 Å². The predicted molar refractivity (Wildman–Crippen MR) is 84.1 cm³/mol. The van der Waals surface area contributed by atoms with Gasteiger partial charge in [0.05, 0.1) is 12.5 Å². The van der Waals surface area contributed by atoms with Crippen molar-refractivity contribution in [3.8, 4) is 11.5 Å². The van der Waals surface area contributed by atoms with E-state index in [0.717, 1.165) is 11.1 Å². The van der Waals surface area contributed by atoms with Gasteiger partial charge in [0.2, 0.25) is 5.91 Å². The molecule has 0 aromatic heterocycles. The maximum absolute atomic E-state index is 12.9. The molecule has 4 nitrogen and oxygen atoms in total. The van der Waals surface area contributed by atoms with Crippen LogP contribution < -0.4 is 14.8 Å². The fourth-order valence-electron chi connectivity index (χ4n) is 2.51. The van der Waals surface area contributed by atoms with Gasteiger partial charge in [0.1, 0.15) is 19.0 Å². The molecule has 0 spiro atoms. The van der Waals surface area contributed by atoms with E-state index >= 15 is 0 Å². The number of ether oxygens (including phenoxy) is 2. The molecule has 0 radical (unpaired) electrons. The second-order valence-electron chi connectivity index (χ2n) is 5.50. The molecule has 0 unspecified atom stereocenters. The summed E-state index contributed by atoms with van der Waals surface area (Å²) in [4.78, 5) is 12.2. The summed E-state index contributed by atoms with van der Waals surface area (Å²) < 4.78 is 23.9. The lowest BCUT2D eigenvalue weighted by atomic mass is 10.1. The zero-order chi connectivity index (χ0) is 16.2. The lowest BCUT2D eigenvalue weighted by Gasteiger charge is -2.19. The Morgan fingerprint density at radius 3 is 2.57 bits per heavy atom. The highest BCUT2D eigenvalue weighted by molar-refractivity contribution is 5.79. The molecule has 0 aliphatic carbocycles. The van der Waals surface area contributed by atoms with Crippen molar-refractivity contribution < 1.29 is 18.7 Å². The third kappa shape index (κ3) is 3.80. The largest absolute Gasteiger partial charge is 0.486 e. The number of fused-ring (bicyclic) bond motifs is 1. The summed E-state index contributed by atoms with van der Waals surface area (Å²) >= 11 is 0. The first-order valence-corrected chi connectivity index (χ1v) is 7.55.